The third-order valence-electron chi connectivity index (χ3n) is 2.83. The zero-order valence-electron chi connectivity index (χ0n) is 11.2. The van der Waals surface area contributed by atoms with Gasteiger partial charge in [0.05, 0.1) is 0 Å². The SMILES string of the molecule is CCN(CC)c1ccc(/C(N=NN)=C(/S)CF)cc1. The predicted molar refractivity (Wildman–Crippen MR) is 80.9 cm³/mol. The molecule has 0 spiro atoms. The van der Waals surface area contributed by atoms with Crippen molar-refractivity contribution in [2.45, 2.75) is 13.8 Å². The van der Waals surface area contributed by atoms with E-state index < -0.39 is 6.67 Å². The highest BCUT2D eigenvalue weighted by atomic mass is 32.1. The standard InChI is InChI=1S/C13H19FN4S/c1-3-18(4-2)11-7-5-10(6-8-11)13(16-17-15)12(19)9-14/h5-8,19H,3-4,9H2,1-2H3,(H2,15,16)/b13-12-. The molecule has 19 heavy (non-hydrogen) atoms. The molecule has 0 aliphatic rings. The van der Waals surface area contributed by atoms with E-state index in [4.69, 9.17) is 5.84 Å². The van der Waals surface area contributed by atoms with Crippen LogP contribution in [0, 0.1) is 0 Å². The van der Waals surface area contributed by atoms with Crippen molar-refractivity contribution in [1.29, 1.82) is 0 Å². The highest BCUT2D eigenvalue weighted by molar-refractivity contribution is 7.84. The average Bonchev–Trinajstić information content (AvgIpc) is 2.46. The second kappa shape index (κ2) is 7.78. The summed E-state index contributed by atoms with van der Waals surface area (Å²) in [7, 11) is 0. The normalized spacial score (nSPS) is 12.6. The van der Waals surface area contributed by atoms with Crippen molar-refractivity contribution in [1.82, 2.24) is 0 Å². The minimum Gasteiger partial charge on any atom is -0.372 e. The molecule has 2 N–H and O–H groups in total. The molecule has 4 nitrogen and oxygen atoms in total. The molecule has 0 amide bonds. The van der Waals surface area contributed by atoms with E-state index in [2.05, 4.69) is 41.7 Å². The fourth-order valence-electron chi connectivity index (χ4n) is 1.82. The van der Waals surface area contributed by atoms with E-state index in [-0.39, 0.29) is 4.91 Å². The number of nitrogens with two attached hydrogens (primary N) is 1. The van der Waals surface area contributed by atoms with Gasteiger partial charge in [0.1, 0.15) is 12.4 Å². The minimum absolute atomic E-state index is 0.213. The van der Waals surface area contributed by atoms with E-state index in [1.54, 1.807) is 0 Å². The lowest BCUT2D eigenvalue weighted by atomic mass is 10.1. The molecule has 0 saturated carbocycles. The van der Waals surface area contributed by atoms with Gasteiger partial charge in [0.25, 0.3) is 0 Å². The first kappa shape index (κ1) is 15.5. The predicted octanol–water partition coefficient (Wildman–Crippen LogP) is 3.43. The molecule has 0 saturated heterocycles. The summed E-state index contributed by atoms with van der Waals surface area (Å²) < 4.78 is 12.7. The van der Waals surface area contributed by atoms with Crippen LogP contribution < -0.4 is 10.7 Å². The van der Waals surface area contributed by atoms with E-state index >= 15 is 0 Å². The van der Waals surface area contributed by atoms with Crippen LogP contribution in [0.5, 0.6) is 0 Å². The average molecular weight is 282 g/mol. The second-order valence-electron chi connectivity index (χ2n) is 3.86. The van der Waals surface area contributed by atoms with Crippen LogP contribution in [0.25, 0.3) is 5.70 Å². The van der Waals surface area contributed by atoms with Gasteiger partial charge >= 0.3 is 0 Å². The summed E-state index contributed by atoms with van der Waals surface area (Å²) in [4.78, 5) is 2.43. The number of halogens is 1. The van der Waals surface area contributed by atoms with Crippen LogP contribution in [0.1, 0.15) is 19.4 Å². The van der Waals surface area contributed by atoms with E-state index in [0.717, 1.165) is 24.3 Å². The lowest BCUT2D eigenvalue weighted by molar-refractivity contribution is 0.557. The third-order valence-corrected chi connectivity index (χ3v) is 3.16. The monoisotopic (exact) mass is 282 g/mol. The molecule has 0 heterocycles. The first-order valence-electron chi connectivity index (χ1n) is 6.12. The molecule has 0 unspecified atom stereocenters. The van der Waals surface area contributed by atoms with Crippen LogP contribution in [-0.2, 0) is 0 Å². The van der Waals surface area contributed by atoms with Gasteiger partial charge in [0.15, 0.2) is 0 Å². The van der Waals surface area contributed by atoms with Crippen molar-refractivity contribution < 1.29 is 4.39 Å². The van der Waals surface area contributed by atoms with E-state index in [9.17, 15) is 4.39 Å². The fraction of sp³-hybridized carbons (Fsp3) is 0.385. The van der Waals surface area contributed by atoms with Gasteiger partial charge in [-0.05, 0) is 26.0 Å². The lowest BCUT2D eigenvalue weighted by Gasteiger charge is -2.21. The number of thiol groups is 1. The maximum absolute atomic E-state index is 12.7. The summed E-state index contributed by atoms with van der Waals surface area (Å²) in [5.74, 6) is 5.04. The van der Waals surface area contributed by atoms with Crippen LogP contribution in [0.2, 0.25) is 0 Å². The zero-order valence-corrected chi connectivity index (χ0v) is 12.1. The van der Waals surface area contributed by atoms with Crippen LogP contribution in [0.3, 0.4) is 0 Å². The molecule has 0 aromatic heterocycles. The summed E-state index contributed by atoms with van der Waals surface area (Å²) in [5.41, 5.74) is 2.21. The number of hydrogen-bond donors (Lipinski definition) is 2. The molecule has 0 bridgehead atoms. The number of hydrogen-bond acceptors (Lipinski definition) is 4. The first-order valence-corrected chi connectivity index (χ1v) is 6.57. The van der Waals surface area contributed by atoms with Gasteiger partial charge in [-0.15, -0.1) is 17.7 Å². The molecule has 0 radical (unpaired) electrons. The minimum atomic E-state index is -0.699. The van der Waals surface area contributed by atoms with Crippen molar-refractivity contribution in [2.24, 2.45) is 16.2 Å². The summed E-state index contributed by atoms with van der Waals surface area (Å²) in [6.45, 7) is 5.36. The summed E-state index contributed by atoms with van der Waals surface area (Å²) >= 11 is 4.06. The number of allylic oxidation sites excluding steroid dienone is 1. The van der Waals surface area contributed by atoms with Gasteiger partial charge in [-0.2, -0.15) is 0 Å². The molecular formula is C13H19FN4S. The molecule has 0 aliphatic heterocycles. The van der Waals surface area contributed by atoms with Gasteiger partial charge < -0.3 is 10.7 Å². The Bertz CT molecular complexity index is 452. The number of benzene rings is 1. The Labute approximate surface area is 118 Å². The molecule has 6 heteroatoms. The Kier molecular flexibility index (Phi) is 6.35. The van der Waals surface area contributed by atoms with Crippen molar-refractivity contribution >= 4 is 24.0 Å². The van der Waals surface area contributed by atoms with Crippen LogP contribution in [-0.4, -0.2) is 19.8 Å². The molecule has 104 valence electrons. The quantitative estimate of drug-likeness (QED) is 0.363. The topological polar surface area (TPSA) is 54.0 Å². The van der Waals surface area contributed by atoms with Gasteiger partial charge in [0, 0.05) is 29.2 Å². The van der Waals surface area contributed by atoms with Gasteiger partial charge in [0.2, 0.25) is 0 Å². The Morgan fingerprint density at radius 2 is 1.84 bits per heavy atom. The zero-order chi connectivity index (χ0) is 14.3. The Morgan fingerprint density at radius 1 is 1.26 bits per heavy atom. The van der Waals surface area contributed by atoms with Crippen LogP contribution in [0.4, 0.5) is 10.1 Å². The Balaban J connectivity index is 3.09. The smallest absolute Gasteiger partial charge is 0.122 e. The van der Waals surface area contributed by atoms with Gasteiger partial charge in [-0.25, -0.2) is 4.39 Å². The van der Waals surface area contributed by atoms with Gasteiger partial charge in [-0.1, -0.05) is 17.4 Å². The van der Waals surface area contributed by atoms with Crippen LogP contribution >= 0.6 is 12.6 Å². The summed E-state index contributed by atoms with van der Waals surface area (Å²) in [6, 6.07) is 7.66. The third kappa shape index (κ3) is 3.96. The maximum Gasteiger partial charge on any atom is 0.122 e. The molecule has 1 rings (SSSR count). The molecule has 0 aliphatic carbocycles. The lowest BCUT2D eigenvalue weighted by Crippen LogP contribution is -2.21. The largest absolute Gasteiger partial charge is 0.372 e. The highest BCUT2D eigenvalue weighted by Crippen LogP contribution is 2.25. The number of anilines is 1. The van der Waals surface area contributed by atoms with E-state index in [0.29, 0.717) is 5.70 Å². The number of nitrogens with zero attached hydrogens (tertiary/aromatic N) is 3. The molecule has 0 fully saturated rings. The van der Waals surface area contributed by atoms with E-state index in [1.807, 2.05) is 24.3 Å². The second-order valence-corrected chi connectivity index (χ2v) is 4.40. The van der Waals surface area contributed by atoms with Crippen molar-refractivity contribution in [3.8, 4) is 0 Å². The summed E-state index contributed by atoms with van der Waals surface area (Å²) in [6.07, 6.45) is 0. The number of rotatable bonds is 6. The first-order chi connectivity index (χ1) is 9.17. The van der Waals surface area contributed by atoms with Gasteiger partial charge in [-0.3, -0.25) is 0 Å². The Morgan fingerprint density at radius 3 is 2.26 bits per heavy atom. The van der Waals surface area contributed by atoms with Crippen molar-refractivity contribution in [3.05, 3.63) is 34.7 Å². The number of alkyl halides is 1. The van der Waals surface area contributed by atoms with E-state index in [1.165, 1.54) is 0 Å². The molecular weight excluding hydrogens is 263 g/mol. The molecule has 1 aromatic carbocycles. The van der Waals surface area contributed by atoms with Crippen molar-refractivity contribution in [2.75, 3.05) is 24.7 Å². The molecule has 0 atom stereocenters. The highest BCUT2D eigenvalue weighted by Gasteiger charge is 2.08. The Hall–Kier alpha value is -1.56. The maximum atomic E-state index is 12.7. The molecule has 1 aromatic rings. The van der Waals surface area contributed by atoms with Crippen molar-refractivity contribution in [3.63, 3.8) is 0 Å². The summed E-state index contributed by atoms with van der Waals surface area (Å²) in [5, 5.41) is 6.94. The fourth-order valence-corrected chi connectivity index (χ4v) is 2.00. The van der Waals surface area contributed by atoms with Crippen LogP contribution in [0.15, 0.2) is 39.5 Å².